The lowest BCUT2D eigenvalue weighted by Gasteiger charge is -2.05. The second-order valence-electron chi connectivity index (χ2n) is 7.14. The average Bonchev–Trinajstić information content (AvgIpc) is 3.40. The van der Waals surface area contributed by atoms with E-state index in [4.69, 9.17) is 4.42 Å². The van der Waals surface area contributed by atoms with Crippen molar-refractivity contribution in [3.63, 3.8) is 0 Å². The van der Waals surface area contributed by atoms with Crippen LogP contribution in [0.15, 0.2) is 75.6 Å². The molecule has 0 saturated carbocycles. The molecule has 8 heteroatoms. The molecule has 2 aromatic carbocycles. The highest BCUT2D eigenvalue weighted by atomic mass is 32.2. The van der Waals surface area contributed by atoms with Gasteiger partial charge in [0.05, 0.1) is 22.6 Å². The van der Waals surface area contributed by atoms with Crippen LogP contribution in [0.1, 0.15) is 27.2 Å². The molecule has 31 heavy (non-hydrogen) atoms. The maximum atomic E-state index is 12.7. The summed E-state index contributed by atoms with van der Waals surface area (Å²) in [5, 5.41) is 4.98. The number of furan rings is 1. The van der Waals surface area contributed by atoms with Crippen molar-refractivity contribution in [2.75, 3.05) is 5.32 Å². The van der Waals surface area contributed by atoms with E-state index in [1.54, 1.807) is 18.2 Å². The van der Waals surface area contributed by atoms with Crippen LogP contribution in [-0.4, -0.2) is 19.3 Å². The number of anilines is 1. The number of hydrogen-bond acceptors (Lipinski definition) is 6. The first-order valence-electron chi connectivity index (χ1n) is 9.52. The molecule has 4 aromatic rings. The normalized spacial score (nSPS) is 11.4. The van der Waals surface area contributed by atoms with Crippen molar-refractivity contribution >= 4 is 32.2 Å². The van der Waals surface area contributed by atoms with Crippen LogP contribution in [0.2, 0.25) is 0 Å². The molecular weight excluding hydrogens is 432 g/mol. The minimum atomic E-state index is -3.60. The Bertz CT molecular complexity index is 1340. The van der Waals surface area contributed by atoms with Crippen LogP contribution in [0, 0.1) is 13.8 Å². The molecule has 0 radical (unpaired) electrons. The highest BCUT2D eigenvalue weighted by Gasteiger charge is 2.23. The molecule has 6 nitrogen and oxygen atoms in total. The molecule has 0 aliphatic rings. The molecule has 0 unspecified atom stereocenters. The summed E-state index contributed by atoms with van der Waals surface area (Å²) in [7, 11) is -3.60. The summed E-state index contributed by atoms with van der Waals surface area (Å²) >= 11 is 1.29. The fourth-order valence-electron chi connectivity index (χ4n) is 3.08. The van der Waals surface area contributed by atoms with E-state index in [1.165, 1.54) is 41.4 Å². The van der Waals surface area contributed by atoms with E-state index < -0.39 is 15.7 Å². The number of nitrogens with one attached hydrogen (secondary N) is 1. The van der Waals surface area contributed by atoms with Gasteiger partial charge in [0.15, 0.2) is 20.7 Å². The van der Waals surface area contributed by atoms with Gasteiger partial charge >= 0.3 is 0 Å². The second kappa shape index (κ2) is 8.49. The third-order valence-electron chi connectivity index (χ3n) is 4.93. The Balaban J connectivity index is 1.51. The maximum absolute atomic E-state index is 12.7. The van der Waals surface area contributed by atoms with Crippen LogP contribution in [0.5, 0.6) is 0 Å². The Hall–Kier alpha value is -3.23. The molecule has 0 aliphatic carbocycles. The zero-order valence-electron chi connectivity index (χ0n) is 17.0. The molecule has 0 bridgehead atoms. The van der Waals surface area contributed by atoms with Gasteiger partial charge in [0.25, 0.3) is 5.91 Å². The van der Waals surface area contributed by atoms with Gasteiger partial charge < -0.3 is 4.42 Å². The van der Waals surface area contributed by atoms with Crippen molar-refractivity contribution in [3.8, 4) is 11.3 Å². The van der Waals surface area contributed by atoms with E-state index in [1.807, 2.05) is 31.4 Å². The van der Waals surface area contributed by atoms with Gasteiger partial charge in [-0.15, -0.1) is 11.3 Å². The van der Waals surface area contributed by atoms with Crippen LogP contribution in [0.3, 0.4) is 0 Å². The number of carbonyl (C=O) groups is 1. The number of rotatable bonds is 6. The molecule has 0 saturated heterocycles. The van der Waals surface area contributed by atoms with E-state index in [0.717, 1.165) is 16.8 Å². The van der Waals surface area contributed by atoms with Crippen LogP contribution >= 0.6 is 11.3 Å². The number of carbonyl (C=O) groups excluding carboxylic acids is 1. The summed E-state index contributed by atoms with van der Waals surface area (Å²) in [5.41, 5.74) is 4.38. The summed E-state index contributed by atoms with van der Waals surface area (Å²) in [5.74, 6) is -0.908. The van der Waals surface area contributed by atoms with Crippen LogP contribution < -0.4 is 5.32 Å². The van der Waals surface area contributed by atoms with Crippen molar-refractivity contribution < 1.29 is 17.6 Å². The van der Waals surface area contributed by atoms with Gasteiger partial charge in [-0.25, -0.2) is 13.4 Å². The van der Waals surface area contributed by atoms with Crippen LogP contribution in [-0.2, 0) is 15.6 Å². The van der Waals surface area contributed by atoms with Crippen LogP contribution in [0.25, 0.3) is 11.3 Å². The molecular formula is C23H20N2O4S2. The summed E-state index contributed by atoms with van der Waals surface area (Å²) in [6.45, 7) is 4.08. The highest BCUT2D eigenvalue weighted by molar-refractivity contribution is 7.90. The lowest BCUT2D eigenvalue weighted by atomic mass is 10.1. The number of nitrogens with zero attached hydrogens (tertiary/aromatic N) is 1. The summed E-state index contributed by atoms with van der Waals surface area (Å²) < 4.78 is 30.6. The Morgan fingerprint density at radius 1 is 1.06 bits per heavy atom. The van der Waals surface area contributed by atoms with Gasteiger partial charge in [-0.2, -0.15) is 0 Å². The molecule has 4 rings (SSSR count). The third-order valence-corrected chi connectivity index (χ3v) is 7.37. The molecule has 0 aliphatic heterocycles. The number of sulfone groups is 1. The quantitative estimate of drug-likeness (QED) is 0.432. The van der Waals surface area contributed by atoms with Crippen LogP contribution in [0.4, 0.5) is 5.13 Å². The van der Waals surface area contributed by atoms with Gasteiger partial charge in [0.2, 0.25) is 0 Å². The van der Waals surface area contributed by atoms with Gasteiger partial charge in [-0.1, -0.05) is 30.3 Å². The maximum Gasteiger partial charge on any atom is 0.293 e. The number of benzene rings is 2. The van der Waals surface area contributed by atoms with E-state index in [9.17, 15) is 13.2 Å². The standard InChI is InChI=1S/C23H20N2O4S2/c1-15-8-9-17(12-16(15)2)20-13-30-23(24-20)25-22(26)21-18(10-11-29-21)14-31(27,28)19-6-4-3-5-7-19/h3-13H,14H2,1-2H3,(H,24,25,26). The van der Waals surface area contributed by atoms with Crippen molar-refractivity contribution in [2.45, 2.75) is 24.5 Å². The average molecular weight is 453 g/mol. The molecule has 0 spiro atoms. The lowest BCUT2D eigenvalue weighted by Crippen LogP contribution is -2.14. The van der Waals surface area contributed by atoms with E-state index in [-0.39, 0.29) is 16.4 Å². The fourth-order valence-corrected chi connectivity index (χ4v) is 5.17. The number of aryl methyl sites for hydroxylation is 2. The predicted molar refractivity (Wildman–Crippen MR) is 121 cm³/mol. The summed E-state index contributed by atoms with van der Waals surface area (Å²) in [6, 6.07) is 15.7. The summed E-state index contributed by atoms with van der Waals surface area (Å²) in [6.07, 6.45) is 1.31. The molecule has 2 aromatic heterocycles. The molecule has 1 N–H and O–H groups in total. The molecule has 1 amide bonds. The van der Waals surface area contributed by atoms with Gasteiger partial charge in [-0.3, -0.25) is 10.1 Å². The number of thiazole rings is 1. The largest absolute Gasteiger partial charge is 0.459 e. The Morgan fingerprint density at radius 2 is 1.84 bits per heavy atom. The lowest BCUT2D eigenvalue weighted by molar-refractivity contribution is 0.0996. The number of aromatic nitrogens is 1. The summed E-state index contributed by atoms with van der Waals surface area (Å²) in [4.78, 5) is 17.4. The molecule has 0 atom stereocenters. The van der Waals surface area contributed by atoms with Crippen molar-refractivity contribution in [1.82, 2.24) is 4.98 Å². The topological polar surface area (TPSA) is 89.3 Å². The van der Waals surface area contributed by atoms with E-state index in [2.05, 4.69) is 16.4 Å². The number of hydrogen-bond donors (Lipinski definition) is 1. The van der Waals surface area contributed by atoms with E-state index in [0.29, 0.717) is 10.7 Å². The van der Waals surface area contributed by atoms with Gasteiger partial charge in [0, 0.05) is 16.5 Å². The van der Waals surface area contributed by atoms with Crippen molar-refractivity contribution in [3.05, 3.63) is 88.7 Å². The first-order valence-corrected chi connectivity index (χ1v) is 12.1. The van der Waals surface area contributed by atoms with Crippen molar-refractivity contribution in [1.29, 1.82) is 0 Å². The van der Waals surface area contributed by atoms with Gasteiger partial charge in [-0.05, 0) is 49.2 Å². The first kappa shape index (κ1) is 21.0. The Labute approximate surface area is 184 Å². The smallest absolute Gasteiger partial charge is 0.293 e. The molecule has 158 valence electrons. The minimum absolute atomic E-state index is 0.0394. The Morgan fingerprint density at radius 3 is 2.58 bits per heavy atom. The monoisotopic (exact) mass is 452 g/mol. The first-order chi connectivity index (χ1) is 14.8. The fraction of sp³-hybridized carbons (Fsp3) is 0.130. The van der Waals surface area contributed by atoms with E-state index >= 15 is 0 Å². The SMILES string of the molecule is Cc1ccc(-c2csc(NC(=O)c3occc3CS(=O)(=O)c3ccccc3)n2)cc1C. The van der Waals surface area contributed by atoms with Crippen molar-refractivity contribution in [2.24, 2.45) is 0 Å². The number of amides is 1. The predicted octanol–water partition coefficient (Wildman–Crippen LogP) is 5.25. The zero-order valence-corrected chi connectivity index (χ0v) is 18.6. The molecule has 0 fully saturated rings. The molecule has 2 heterocycles. The minimum Gasteiger partial charge on any atom is -0.459 e. The third kappa shape index (κ3) is 4.60. The zero-order chi connectivity index (χ0) is 22.0. The van der Waals surface area contributed by atoms with Gasteiger partial charge in [0.1, 0.15) is 0 Å². The Kier molecular flexibility index (Phi) is 5.75. The highest BCUT2D eigenvalue weighted by Crippen LogP contribution is 2.27. The second-order valence-corrected chi connectivity index (χ2v) is 9.99.